The van der Waals surface area contributed by atoms with E-state index >= 15 is 0 Å². The Kier molecular flexibility index (Phi) is 2.64. The van der Waals surface area contributed by atoms with E-state index in [-0.39, 0.29) is 5.56 Å². The van der Waals surface area contributed by atoms with Crippen molar-refractivity contribution < 1.29 is 18.1 Å². The van der Waals surface area contributed by atoms with E-state index in [4.69, 9.17) is 4.55 Å². The van der Waals surface area contributed by atoms with E-state index in [1.807, 2.05) is 0 Å². The standard InChI is InChI=1S/C9H10O4S/c1-3-7-5-4-6(2)8(10)9(7)14(11,12)13/h3-5,10H,1H2,2H3,(H,11,12,13). The minimum absolute atomic E-state index is 0.176. The molecule has 0 aliphatic heterocycles. The van der Waals surface area contributed by atoms with Gasteiger partial charge in [-0.05, 0) is 18.1 Å². The molecule has 0 aliphatic rings. The summed E-state index contributed by atoms with van der Waals surface area (Å²) in [6.45, 7) is 4.93. The Morgan fingerprint density at radius 2 is 2.00 bits per heavy atom. The van der Waals surface area contributed by atoms with Crippen molar-refractivity contribution in [2.75, 3.05) is 0 Å². The molecule has 0 spiro atoms. The van der Waals surface area contributed by atoms with Crippen LogP contribution >= 0.6 is 0 Å². The maximum atomic E-state index is 10.9. The van der Waals surface area contributed by atoms with Crippen LogP contribution < -0.4 is 0 Å². The van der Waals surface area contributed by atoms with E-state index < -0.39 is 20.8 Å². The molecule has 14 heavy (non-hydrogen) atoms. The van der Waals surface area contributed by atoms with Crippen molar-refractivity contribution in [2.45, 2.75) is 11.8 Å². The first-order valence-electron chi connectivity index (χ1n) is 3.80. The van der Waals surface area contributed by atoms with Crippen molar-refractivity contribution in [1.82, 2.24) is 0 Å². The molecule has 0 aromatic heterocycles. The van der Waals surface area contributed by atoms with Crippen LogP contribution in [0.3, 0.4) is 0 Å². The van der Waals surface area contributed by atoms with Gasteiger partial charge in [-0.2, -0.15) is 8.42 Å². The van der Waals surface area contributed by atoms with Crippen molar-refractivity contribution in [3.63, 3.8) is 0 Å². The molecule has 1 aromatic carbocycles. The Hall–Kier alpha value is -1.33. The number of aryl methyl sites for hydroxylation is 1. The summed E-state index contributed by atoms with van der Waals surface area (Å²) in [6, 6.07) is 3.01. The molecule has 1 aromatic rings. The van der Waals surface area contributed by atoms with E-state index in [1.165, 1.54) is 19.1 Å². The average Bonchev–Trinajstić information content (AvgIpc) is 2.07. The second-order valence-electron chi connectivity index (χ2n) is 2.83. The number of phenolic OH excluding ortho intramolecular Hbond substituents is 1. The van der Waals surface area contributed by atoms with Crippen molar-refractivity contribution >= 4 is 16.2 Å². The molecule has 0 radical (unpaired) electrons. The van der Waals surface area contributed by atoms with Crippen molar-refractivity contribution in [3.8, 4) is 5.75 Å². The fourth-order valence-electron chi connectivity index (χ4n) is 1.12. The number of benzene rings is 1. The first-order valence-corrected chi connectivity index (χ1v) is 5.24. The van der Waals surface area contributed by atoms with Crippen LogP contribution in [0.15, 0.2) is 23.6 Å². The van der Waals surface area contributed by atoms with Crippen LogP contribution in [0.2, 0.25) is 0 Å². The predicted octanol–water partition coefficient (Wildman–Crippen LogP) is 1.59. The number of hydrogen-bond acceptors (Lipinski definition) is 3. The summed E-state index contributed by atoms with van der Waals surface area (Å²) in [6.07, 6.45) is 1.25. The molecular formula is C9H10O4S. The topological polar surface area (TPSA) is 74.6 Å². The first kappa shape index (κ1) is 10.7. The lowest BCUT2D eigenvalue weighted by atomic mass is 10.1. The minimum atomic E-state index is -4.42. The maximum absolute atomic E-state index is 10.9. The summed E-state index contributed by atoms with van der Waals surface area (Å²) in [7, 11) is -4.42. The third-order valence-corrected chi connectivity index (χ3v) is 2.79. The Balaban J connectivity index is 3.69. The zero-order valence-corrected chi connectivity index (χ0v) is 8.37. The van der Waals surface area contributed by atoms with Gasteiger partial charge in [0, 0.05) is 0 Å². The van der Waals surface area contributed by atoms with Gasteiger partial charge in [-0.15, -0.1) is 0 Å². The zero-order valence-electron chi connectivity index (χ0n) is 7.56. The van der Waals surface area contributed by atoms with Gasteiger partial charge in [-0.25, -0.2) is 0 Å². The highest BCUT2D eigenvalue weighted by Crippen LogP contribution is 2.30. The van der Waals surface area contributed by atoms with Gasteiger partial charge in [-0.3, -0.25) is 4.55 Å². The number of phenols is 1. The second-order valence-corrected chi connectivity index (χ2v) is 4.19. The summed E-state index contributed by atoms with van der Waals surface area (Å²) >= 11 is 0. The molecule has 0 aliphatic carbocycles. The van der Waals surface area contributed by atoms with Crippen LogP contribution in [0.4, 0.5) is 0 Å². The highest BCUT2D eigenvalue weighted by Gasteiger charge is 2.20. The third kappa shape index (κ3) is 1.78. The number of aromatic hydroxyl groups is 1. The van der Waals surface area contributed by atoms with E-state index in [2.05, 4.69) is 6.58 Å². The molecule has 5 heteroatoms. The lowest BCUT2D eigenvalue weighted by Gasteiger charge is -2.07. The number of rotatable bonds is 2. The first-order chi connectivity index (χ1) is 6.38. The van der Waals surface area contributed by atoms with Crippen LogP contribution in [0, 0.1) is 6.92 Å². The van der Waals surface area contributed by atoms with Gasteiger partial charge in [0.05, 0.1) is 0 Å². The highest BCUT2D eigenvalue weighted by molar-refractivity contribution is 7.86. The molecule has 0 heterocycles. The summed E-state index contributed by atoms with van der Waals surface area (Å²) < 4.78 is 30.7. The van der Waals surface area contributed by atoms with Gasteiger partial charge in [0.25, 0.3) is 10.1 Å². The summed E-state index contributed by atoms with van der Waals surface area (Å²) in [5, 5.41) is 9.46. The summed E-state index contributed by atoms with van der Waals surface area (Å²) in [5.41, 5.74) is 0.554. The van der Waals surface area contributed by atoms with Gasteiger partial charge in [0.1, 0.15) is 10.6 Å². The monoisotopic (exact) mass is 214 g/mol. The van der Waals surface area contributed by atoms with Gasteiger partial charge in [0.2, 0.25) is 0 Å². The molecule has 4 nitrogen and oxygen atoms in total. The molecule has 0 fully saturated rings. The van der Waals surface area contributed by atoms with E-state index in [0.717, 1.165) is 0 Å². The maximum Gasteiger partial charge on any atom is 0.298 e. The molecule has 0 atom stereocenters. The smallest absolute Gasteiger partial charge is 0.298 e. The van der Waals surface area contributed by atoms with E-state index in [9.17, 15) is 13.5 Å². The average molecular weight is 214 g/mol. The molecule has 76 valence electrons. The van der Waals surface area contributed by atoms with Crippen LogP contribution in [-0.2, 0) is 10.1 Å². The van der Waals surface area contributed by atoms with Crippen molar-refractivity contribution in [2.24, 2.45) is 0 Å². The fraction of sp³-hybridized carbons (Fsp3) is 0.111. The summed E-state index contributed by atoms with van der Waals surface area (Å²) in [4.78, 5) is -0.493. The zero-order chi connectivity index (χ0) is 10.9. The lowest BCUT2D eigenvalue weighted by molar-refractivity contribution is 0.439. The molecule has 1 rings (SSSR count). The Morgan fingerprint density at radius 3 is 2.43 bits per heavy atom. The Labute approximate surface area is 82.3 Å². The van der Waals surface area contributed by atoms with Crippen molar-refractivity contribution in [3.05, 3.63) is 29.8 Å². The van der Waals surface area contributed by atoms with Crippen LogP contribution in [0.1, 0.15) is 11.1 Å². The molecule has 0 unspecified atom stereocenters. The van der Waals surface area contributed by atoms with E-state index in [1.54, 1.807) is 6.07 Å². The SMILES string of the molecule is C=Cc1ccc(C)c(O)c1S(=O)(=O)O. The summed E-state index contributed by atoms with van der Waals surface area (Å²) in [5.74, 6) is -0.440. The molecular weight excluding hydrogens is 204 g/mol. The predicted molar refractivity (Wildman–Crippen MR) is 52.7 cm³/mol. The van der Waals surface area contributed by atoms with Crippen molar-refractivity contribution in [1.29, 1.82) is 0 Å². The molecule has 0 amide bonds. The van der Waals surface area contributed by atoms with Gasteiger partial charge in [-0.1, -0.05) is 24.8 Å². The lowest BCUT2D eigenvalue weighted by Crippen LogP contribution is -2.02. The minimum Gasteiger partial charge on any atom is -0.506 e. The largest absolute Gasteiger partial charge is 0.506 e. The third-order valence-electron chi connectivity index (χ3n) is 1.84. The van der Waals surface area contributed by atoms with E-state index in [0.29, 0.717) is 5.56 Å². The second kappa shape index (κ2) is 3.43. The van der Waals surface area contributed by atoms with Gasteiger partial charge >= 0.3 is 0 Å². The number of hydrogen-bond donors (Lipinski definition) is 2. The van der Waals surface area contributed by atoms with Gasteiger partial charge in [0.15, 0.2) is 0 Å². The molecule has 2 N–H and O–H groups in total. The highest BCUT2D eigenvalue weighted by atomic mass is 32.2. The normalized spacial score (nSPS) is 11.3. The molecule has 0 bridgehead atoms. The molecule has 0 saturated heterocycles. The molecule has 0 saturated carbocycles. The Morgan fingerprint density at radius 1 is 1.43 bits per heavy atom. The van der Waals surface area contributed by atoms with Crippen LogP contribution in [0.25, 0.3) is 6.08 Å². The Bertz CT molecular complexity index is 474. The quantitative estimate of drug-likeness (QED) is 0.733. The van der Waals surface area contributed by atoms with Gasteiger partial charge < -0.3 is 5.11 Å². The van der Waals surface area contributed by atoms with Crippen LogP contribution in [-0.4, -0.2) is 18.1 Å². The fourth-order valence-corrected chi connectivity index (χ4v) is 1.97. The van der Waals surface area contributed by atoms with Crippen LogP contribution in [0.5, 0.6) is 5.75 Å².